The molecule has 5 rings (SSSR count). The number of anilines is 3. The highest BCUT2D eigenvalue weighted by molar-refractivity contribution is 6.06. The van der Waals surface area contributed by atoms with Gasteiger partial charge in [0.25, 0.3) is 0 Å². The van der Waals surface area contributed by atoms with Crippen LogP contribution in [0.25, 0.3) is 10.9 Å². The van der Waals surface area contributed by atoms with Crippen LogP contribution in [0.3, 0.4) is 0 Å². The molecule has 0 spiro atoms. The molecule has 32 heavy (non-hydrogen) atoms. The zero-order valence-electron chi connectivity index (χ0n) is 18.7. The molecule has 6 heteroatoms. The fourth-order valence-electron chi connectivity index (χ4n) is 4.80. The molecule has 1 fully saturated rings. The molecule has 3 aromatic rings. The number of benzene rings is 2. The first kappa shape index (κ1) is 20.5. The number of hydrogen-bond acceptors (Lipinski definition) is 4. The van der Waals surface area contributed by atoms with E-state index >= 15 is 0 Å². The molecule has 0 unspecified atom stereocenters. The molecule has 6 nitrogen and oxygen atoms in total. The summed E-state index contributed by atoms with van der Waals surface area (Å²) in [7, 11) is 0. The maximum Gasteiger partial charge on any atom is 0.234 e. The molecule has 2 N–H and O–H groups in total. The van der Waals surface area contributed by atoms with Crippen LogP contribution in [0.1, 0.15) is 37.8 Å². The number of nitrogens with one attached hydrogen (secondary N) is 2. The Hall–Kier alpha value is -3.41. The summed E-state index contributed by atoms with van der Waals surface area (Å²) in [6, 6.07) is 14.1. The molecule has 1 saturated heterocycles. The van der Waals surface area contributed by atoms with Gasteiger partial charge in [0.15, 0.2) is 0 Å². The van der Waals surface area contributed by atoms with Gasteiger partial charge in [-0.3, -0.25) is 14.6 Å². The van der Waals surface area contributed by atoms with Crippen LogP contribution in [0.5, 0.6) is 0 Å². The Morgan fingerprint density at radius 2 is 1.91 bits per heavy atom. The second-order valence-electron chi connectivity index (χ2n) is 9.44. The van der Waals surface area contributed by atoms with Crippen molar-refractivity contribution in [1.82, 2.24) is 4.98 Å². The monoisotopic (exact) mass is 428 g/mol. The summed E-state index contributed by atoms with van der Waals surface area (Å²) in [5.41, 5.74) is 5.32. The number of aryl methyl sites for hydroxylation is 1. The fraction of sp³-hybridized carbons (Fsp3) is 0.346. The molecule has 0 radical (unpaired) electrons. The number of aromatic nitrogens is 1. The lowest BCUT2D eigenvalue weighted by Crippen LogP contribution is -2.38. The quantitative estimate of drug-likeness (QED) is 0.638. The van der Waals surface area contributed by atoms with Crippen molar-refractivity contribution in [1.29, 1.82) is 0 Å². The second kappa shape index (κ2) is 7.62. The second-order valence-corrected chi connectivity index (χ2v) is 9.44. The molecule has 2 aliphatic rings. The van der Waals surface area contributed by atoms with Gasteiger partial charge in [-0.15, -0.1) is 0 Å². The summed E-state index contributed by atoms with van der Waals surface area (Å²) >= 11 is 0. The van der Waals surface area contributed by atoms with Crippen molar-refractivity contribution in [3.8, 4) is 0 Å². The summed E-state index contributed by atoms with van der Waals surface area (Å²) in [6.07, 6.45) is 3.47. The number of hydrogen-bond donors (Lipinski definition) is 2. The molecule has 0 bridgehead atoms. The Labute approximate surface area is 188 Å². The van der Waals surface area contributed by atoms with Crippen LogP contribution in [0.2, 0.25) is 0 Å². The Morgan fingerprint density at radius 1 is 1.12 bits per heavy atom. The zero-order valence-corrected chi connectivity index (χ0v) is 18.7. The predicted molar refractivity (Wildman–Crippen MR) is 128 cm³/mol. The SMILES string of the molecule is Cc1ccc2nccc(N3CCC(C(=O)Nc4ccc5c(c4)C(C)(C)C(=O)N5)CC3)c2c1. The van der Waals surface area contributed by atoms with Crippen molar-refractivity contribution in [2.75, 3.05) is 28.6 Å². The van der Waals surface area contributed by atoms with Crippen LogP contribution in [-0.4, -0.2) is 29.9 Å². The van der Waals surface area contributed by atoms with Crippen LogP contribution in [0.4, 0.5) is 17.1 Å². The van der Waals surface area contributed by atoms with Crippen LogP contribution in [0.15, 0.2) is 48.7 Å². The van der Waals surface area contributed by atoms with E-state index in [-0.39, 0.29) is 17.7 Å². The lowest BCUT2D eigenvalue weighted by Gasteiger charge is -2.33. The predicted octanol–water partition coefficient (Wildman–Crippen LogP) is 4.63. The number of rotatable bonds is 3. The normalized spacial score (nSPS) is 17.8. The van der Waals surface area contributed by atoms with Gasteiger partial charge in [0.05, 0.1) is 10.9 Å². The first-order valence-electron chi connectivity index (χ1n) is 11.2. The smallest absolute Gasteiger partial charge is 0.234 e. The van der Waals surface area contributed by atoms with Gasteiger partial charge >= 0.3 is 0 Å². The molecular weight excluding hydrogens is 400 g/mol. The van der Waals surface area contributed by atoms with Gasteiger partial charge in [-0.05, 0) is 75.6 Å². The van der Waals surface area contributed by atoms with Gasteiger partial charge < -0.3 is 15.5 Å². The summed E-state index contributed by atoms with van der Waals surface area (Å²) in [5.74, 6) is 0.0133. The summed E-state index contributed by atoms with van der Waals surface area (Å²) in [4.78, 5) is 32.0. The maximum absolute atomic E-state index is 13.0. The summed E-state index contributed by atoms with van der Waals surface area (Å²) < 4.78 is 0. The molecule has 0 aliphatic carbocycles. The van der Waals surface area contributed by atoms with Gasteiger partial charge in [-0.25, -0.2) is 0 Å². The highest BCUT2D eigenvalue weighted by atomic mass is 16.2. The Morgan fingerprint density at radius 3 is 2.69 bits per heavy atom. The number of amides is 2. The Bertz CT molecular complexity index is 1230. The number of carbonyl (C=O) groups excluding carboxylic acids is 2. The molecule has 1 aromatic heterocycles. The van der Waals surface area contributed by atoms with Crippen LogP contribution < -0.4 is 15.5 Å². The van der Waals surface area contributed by atoms with E-state index in [0.717, 1.165) is 48.4 Å². The van der Waals surface area contributed by atoms with Crippen molar-refractivity contribution in [3.63, 3.8) is 0 Å². The average Bonchev–Trinajstić information content (AvgIpc) is 3.01. The van der Waals surface area contributed by atoms with E-state index in [9.17, 15) is 9.59 Å². The third-order valence-corrected chi connectivity index (χ3v) is 6.86. The average molecular weight is 429 g/mol. The van der Waals surface area contributed by atoms with E-state index in [4.69, 9.17) is 0 Å². The maximum atomic E-state index is 13.0. The van der Waals surface area contributed by atoms with E-state index in [2.05, 4.69) is 51.7 Å². The minimum atomic E-state index is -0.590. The van der Waals surface area contributed by atoms with Gasteiger partial charge in [0.1, 0.15) is 0 Å². The topological polar surface area (TPSA) is 74.3 Å². The molecule has 0 saturated carbocycles. The number of fused-ring (bicyclic) bond motifs is 2. The van der Waals surface area contributed by atoms with Crippen molar-refractivity contribution in [3.05, 3.63) is 59.8 Å². The number of piperidine rings is 1. The van der Waals surface area contributed by atoms with Gasteiger partial charge in [-0.1, -0.05) is 11.6 Å². The highest BCUT2D eigenvalue weighted by Gasteiger charge is 2.38. The highest BCUT2D eigenvalue weighted by Crippen LogP contribution is 2.39. The molecule has 0 atom stereocenters. The Balaban J connectivity index is 1.27. The number of nitrogens with zero attached hydrogens (tertiary/aromatic N) is 2. The molecule has 2 aromatic carbocycles. The zero-order chi connectivity index (χ0) is 22.5. The van der Waals surface area contributed by atoms with Crippen LogP contribution >= 0.6 is 0 Å². The lowest BCUT2D eigenvalue weighted by molar-refractivity contribution is -0.120. The first-order chi connectivity index (χ1) is 15.3. The fourth-order valence-corrected chi connectivity index (χ4v) is 4.80. The van der Waals surface area contributed by atoms with Crippen molar-refractivity contribution in [2.24, 2.45) is 5.92 Å². The van der Waals surface area contributed by atoms with E-state index in [1.165, 1.54) is 16.6 Å². The van der Waals surface area contributed by atoms with Crippen molar-refractivity contribution < 1.29 is 9.59 Å². The summed E-state index contributed by atoms with van der Waals surface area (Å²) in [5, 5.41) is 7.15. The minimum Gasteiger partial charge on any atom is -0.371 e. The number of pyridine rings is 1. The largest absolute Gasteiger partial charge is 0.371 e. The molecule has 3 heterocycles. The third kappa shape index (κ3) is 3.49. The molecule has 2 aliphatic heterocycles. The van der Waals surface area contributed by atoms with Gasteiger partial charge in [0, 0.05) is 47.7 Å². The molecule has 2 amide bonds. The number of carbonyl (C=O) groups is 2. The standard InChI is InChI=1S/C26H28N4O2/c1-16-4-6-21-19(14-16)23(8-11-27-21)30-12-9-17(10-13-30)24(31)28-18-5-7-22-20(15-18)26(2,3)25(32)29-22/h4-8,11,14-15,17H,9-10,12-13H2,1-3H3,(H,28,31)(H,29,32). The van der Waals surface area contributed by atoms with E-state index in [0.29, 0.717) is 0 Å². The van der Waals surface area contributed by atoms with Gasteiger partial charge in [-0.2, -0.15) is 0 Å². The third-order valence-electron chi connectivity index (χ3n) is 6.86. The van der Waals surface area contributed by atoms with E-state index < -0.39 is 5.41 Å². The summed E-state index contributed by atoms with van der Waals surface area (Å²) in [6.45, 7) is 7.57. The molecular formula is C26H28N4O2. The van der Waals surface area contributed by atoms with E-state index in [1.54, 1.807) is 0 Å². The minimum absolute atomic E-state index is 0.0119. The van der Waals surface area contributed by atoms with Gasteiger partial charge in [0.2, 0.25) is 11.8 Å². The first-order valence-corrected chi connectivity index (χ1v) is 11.2. The van der Waals surface area contributed by atoms with Crippen LogP contribution in [0, 0.1) is 12.8 Å². The van der Waals surface area contributed by atoms with Crippen molar-refractivity contribution >= 4 is 39.8 Å². The molecule has 164 valence electrons. The lowest BCUT2D eigenvalue weighted by atomic mass is 9.86. The van der Waals surface area contributed by atoms with Crippen LogP contribution in [-0.2, 0) is 15.0 Å². The van der Waals surface area contributed by atoms with Crippen molar-refractivity contribution in [2.45, 2.75) is 39.0 Å². The van der Waals surface area contributed by atoms with E-state index in [1.807, 2.05) is 38.2 Å². The Kier molecular flexibility index (Phi) is 4.88.